The molecule has 34 heavy (non-hydrogen) atoms. The highest BCUT2D eigenvalue weighted by molar-refractivity contribution is 5.69. The van der Waals surface area contributed by atoms with Gasteiger partial charge in [0, 0.05) is 6.42 Å². The first-order valence-electron chi connectivity index (χ1n) is 13.9. The van der Waals surface area contributed by atoms with Crippen LogP contribution in [0.1, 0.15) is 124 Å². The average molecular weight is 489 g/mol. The molecule has 1 aliphatic rings. The lowest BCUT2D eigenvalue weighted by atomic mass is 9.99. The molecule has 0 aromatic rings. The molecule has 7 nitrogen and oxygen atoms in total. The van der Waals surface area contributed by atoms with Gasteiger partial charge in [0.2, 0.25) is 0 Å². The van der Waals surface area contributed by atoms with Crippen molar-refractivity contribution >= 4 is 5.97 Å². The minimum absolute atomic E-state index is 0.180. The molecule has 1 unspecified atom stereocenters. The van der Waals surface area contributed by atoms with Gasteiger partial charge in [-0.1, -0.05) is 96.8 Å². The van der Waals surface area contributed by atoms with Crippen LogP contribution in [0.25, 0.3) is 0 Å². The van der Waals surface area contributed by atoms with Crippen LogP contribution in [0.2, 0.25) is 0 Å². The molecule has 1 rings (SSSR count). The fourth-order valence-electron chi connectivity index (χ4n) is 4.32. The molecule has 0 radical (unpaired) electrons. The molecule has 5 atom stereocenters. The van der Waals surface area contributed by atoms with Crippen molar-refractivity contribution < 1.29 is 34.3 Å². The van der Waals surface area contributed by atoms with E-state index in [4.69, 9.17) is 14.2 Å². The third kappa shape index (κ3) is 14.0. The molecular formula is C27H52O7. The largest absolute Gasteiger partial charge is 0.463 e. The van der Waals surface area contributed by atoms with Gasteiger partial charge in [-0.25, -0.2) is 0 Å². The standard InChI is InChI=1S/C27H52O7/c1-4-5-6-7-8-9-10-11-12-13-14-15-16-17-18-19-23(28)32-20-22-24(29)25(30)26(31)27(34-22)33-21(2)3/h21-22,24-27,29-31H,4-20H2,1-3H3/t22-,24-,25+,26-,27?/m1/s1. The summed E-state index contributed by atoms with van der Waals surface area (Å²) in [4.78, 5) is 12.0. The second-order valence-electron chi connectivity index (χ2n) is 10.1. The van der Waals surface area contributed by atoms with Gasteiger partial charge in [-0.2, -0.15) is 0 Å². The fraction of sp³-hybridized carbons (Fsp3) is 0.963. The summed E-state index contributed by atoms with van der Waals surface area (Å²) in [5.41, 5.74) is 0. The summed E-state index contributed by atoms with van der Waals surface area (Å²) in [6.45, 7) is 5.63. The number of carbonyl (C=O) groups is 1. The highest BCUT2D eigenvalue weighted by Gasteiger charge is 2.45. The van der Waals surface area contributed by atoms with E-state index in [2.05, 4.69) is 6.92 Å². The number of carbonyl (C=O) groups excluding carboxylic acids is 1. The van der Waals surface area contributed by atoms with Crippen LogP contribution < -0.4 is 0 Å². The van der Waals surface area contributed by atoms with E-state index >= 15 is 0 Å². The minimum atomic E-state index is -1.42. The number of esters is 1. The van der Waals surface area contributed by atoms with Crippen LogP contribution in [-0.2, 0) is 19.0 Å². The van der Waals surface area contributed by atoms with Crippen LogP contribution in [0.3, 0.4) is 0 Å². The van der Waals surface area contributed by atoms with E-state index < -0.39 is 30.7 Å². The topological polar surface area (TPSA) is 105 Å². The van der Waals surface area contributed by atoms with Gasteiger partial charge >= 0.3 is 5.97 Å². The van der Waals surface area contributed by atoms with E-state index in [0.29, 0.717) is 6.42 Å². The van der Waals surface area contributed by atoms with Gasteiger partial charge in [0.05, 0.1) is 6.10 Å². The first-order valence-corrected chi connectivity index (χ1v) is 13.9. The molecular weight excluding hydrogens is 436 g/mol. The second-order valence-corrected chi connectivity index (χ2v) is 10.1. The van der Waals surface area contributed by atoms with E-state index in [0.717, 1.165) is 19.3 Å². The fourth-order valence-corrected chi connectivity index (χ4v) is 4.32. The van der Waals surface area contributed by atoms with Gasteiger partial charge in [0.1, 0.15) is 31.0 Å². The van der Waals surface area contributed by atoms with Crippen LogP contribution >= 0.6 is 0 Å². The van der Waals surface area contributed by atoms with E-state index in [9.17, 15) is 20.1 Å². The summed E-state index contributed by atoms with van der Waals surface area (Å²) in [5.74, 6) is -0.340. The van der Waals surface area contributed by atoms with Gasteiger partial charge in [-0.15, -0.1) is 0 Å². The molecule has 0 saturated carbocycles. The molecule has 1 heterocycles. The molecule has 0 aromatic carbocycles. The van der Waals surface area contributed by atoms with Crippen molar-refractivity contribution in [2.24, 2.45) is 0 Å². The zero-order valence-corrected chi connectivity index (χ0v) is 22.0. The van der Waals surface area contributed by atoms with Crippen molar-refractivity contribution in [1.29, 1.82) is 0 Å². The summed E-state index contributed by atoms with van der Waals surface area (Å²) >= 11 is 0. The summed E-state index contributed by atoms with van der Waals surface area (Å²) in [7, 11) is 0. The minimum Gasteiger partial charge on any atom is -0.463 e. The Labute approximate surface area is 207 Å². The Balaban J connectivity index is 1.99. The smallest absolute Gasteiger partial charge is 0.305 e. The number of hydrogen-bond donors (Lipinski definition) is 3. The van der Waals surface area contributed by atoms with Crippen LogP contribution in [-0.4, -0.2) is 64.7 Å². The third-order valence-electron chi connectivity index (χ3n) is 6.47. The lowest BCUT2D eigenvalue weighted by molar-refractivity contribution is -0.309. The number of rotatable bonds is 20. The highest BCUT2D eigenvalue weighted by atomic mass is 16.7. The van der Waals surface area contributed by atoms with Crippen molar-refractivity contribution in [3.63, 3.8) is 0 Å². The lowest BCUT2D eigenvalue weighted by Gasteiger charge is -2.40. The average Bonchev–Trinajstić information content (AvgIpc) is 2.80. The van der Waals surface area contributed by atoms with E-state index in [1.54, 1.807) is 13.8 Å². The maximum atomic E-state index is 12.0. The first-order chi connectivity index (χ1) is 16.4. The van der Waals surface area contributed by atoms with Crippen LogP contribution in [0.5, 0.6) is 0 Å². The molecule has 3 N–H and O–H groups in total. The van der Waals surface area contributed by atoms with Crippen LogP contribution in [0.15, 0.2) is 0 Å². The van der Waals surface area contributed by atoms with Crippen molar-refractivity contribution in [2.45, 2.75) is 160 Å². The Bertz CT molecular complexity index is 499. The van der Waals surface area contributed by atoms with Gasteiger partial charge in [0.25, 0.3) is 0 Å². The molecule has 202 valence electrons. The van der Waals surface area contributed by atoms with Crippen molar-refractivity contribution in [3.05, 3.63) is 0 Å². The molecule has 0 aliphatic carbocycles. The molecule has 1 aliphatic heterocycles. The summed E-state index contributed by atoms with van der Waals surface area (Å²) in [5, 5.41) is 30.1. The normalized spacial score (nSPS) is 25.1. The zero-order chi connectivity index (χ0) is 25.2. The van der Waals surface area contributed by atoms with Gasteiger partial charge in [-0.05, 0) is 20.3 Å². The van der Waals surface area contributed by atoms with Crippen LogP contribution in [0, 0.1) is 0 Å². The molecule has 1 fully saturated rings. The van der Waals surface area contributed by atoms with Gasteiger partial charge in [0.15, 0.2) is 6.29 Å². The van der Waals surface area contributed by atoms with E-state index in [1.807, 2.05) is 0 Å². The molecule has 0 aromatic heterocycles. The Morgan fingerprint density at radius 1 is 0.735 bits per heavy atom. The number of ether oxygens (including phenoxy) is 3. The predicted octanol–water partition coefficient (Wildman–Crippen LogP) is 5.02. The summed E-state index contributed by atoms with van der Waals surface area (Å²) in [6, 6.07) is 0. The Morgan fingerprint density at radius 2 is 1.21 bits per heavy atom. The Kier molecular flexibility index (Phi) is 17.9. The first kappa shape index (κ1) is 31.3. The summed E-state index contributed by atoms with van der Waals surface area (Å²) in [6.07, 6.45) is 13.0. The zero-order valence-electron chi connectivity index (χ0n) is 22.0. The van der Waals surface area contributed by atoms with Crippen molar-refractivity contribution in [2.75, 3.05) is 6.61 Å². The quantitative estimate of drug-likeness (QED) is 0.163. The summed E-state index contributed by atoms with van der Waals surface area (Å²) < 4.78 is 16.2. The van der Waals surface area contributed by atoms with E-state index in [-0.39, 0.29) is 18.7 Å². The van der Waals surface area contributed by atoms with Crippen molar-refractivity contribution in [3.8, 4) is 0 Å². The molecule has 0 spiro atoms. The maximum Gasteiger partial charge on any atom is 0.305 e. The van der Waals surface area contributed by atoms with E-state index in [1.165, 1.54) is 77.0 Å². The second kappa shape index (κ2) is 19.5. The number of hydrogen-bond acceptors (Lipinski definition) is 7. The van der Waals surface area contributed by atoms with Crippen molar-refractivity contribution in [1.82, 2.24) is 0 Å². The SMILES string of the molecule is CCCCCCCCCCCCCCCCCC(=O)OC[C@H]1OC(OC(C)C)[C@H](O)[C@@H](O)[C@@H]1O. The van der Waals surface area contributed by atoms with Crippen LogP contribution in [0.4, 0.5) is 0 Å². The van der Waals surface area contributed by atoms with Gasteiger partial charge < -0.3 is 29.5 Å². The maximum absolute atomic E-state index is 12.0. The predicted molar refractivity (Wildman–Crippen MR) is 133 cm³/mol. The Morgan fingerprint density at radius 3 is 1.68 bits per heavy atom. The third-order valence-corrected chi connectivity index (χ3v) is 6.47. The highest BCUT2D eigenvalue weighted by Crippen LogP contribution is 2.23. The lowest BCUT2D eigenvalue weighted by Crippen LogP contribution is -2.59. The number of unbranched alkanes of at least 4 members (excludes halogenated alkanes) is 14. The monoisotopic (exact) mass is 488 g/mol. The number of aliphatic hydroxyl groups is 3. The Hall–Kier alpha value is -0.730. The molecule has 1 saturated heterocycles. The van der Waals surface area contributed by atoms with Gasteiger partial charge in [-0.3, -0.25) is 4.79 Å². The molecule has 0 bridgehead atoms. The number of aliphatic hydroxyl groups excluding tert-OH is 3. The molecule has 7 heteroatoms. The molecule has 0 amide bonds.